The molecule has 2 aliphatic heterocycles. The van der Waals surface area contributed by atoms with Crippen LogP contribution in [0.1, 0.15) is 30.8 Å². The van der Waals surface area contributed by atoms with Crippen LogP contribution in [0.2, 0.25) is 0 Å². The topological polar surface area (TPSA) is 84.7 Å². The van der Waals surface area contributed by atoms with Gasteiger partial charge in [-0.3, -0.25) is 9.48 Å². The number of benzene rings is 1. The third kappa shape index (κ3) is 4.56. The predicted molar refractivity (Wildman–Crippen MR) is 119 cm³/mol. The van der Waals surface area contributed by atoms with E-state index < -0.39 is 15.9 Å². The number of piperazine rings is 1. The number of carbonyl (C=O) groups excluding carboxylic acids is 1. The summed E-state index contributed by atoms with van der Waals surface area (Å²) in [5.41, 5.74) is 2.97. The first-order valence-electron chi connectivity index (χ1n) is 10.8. The largest absolute Gasteiger partial charge is 0.481 e. The molecule has 3 heterocycles. The second-order valence-corrected chi connectivity index (χ2v) is 10.6. The molecule has 31 heavy (non-hydrogen) atoms. The van der Waals surface area contributed by atoms with Gasteiger partial charge in [0, 0.05) is 26.2 Å². The van der Waals surface area contributed by atoms with Gasteiger partial charge in [0.2, 0.25) is 0 Å². The van der Waals surface area contributed by atoms with Gasteiger partial charge in [-0.25, -0.2) is 8.42 Å². The molecule has 9 heteroatoms. The summed E-state index contributed by atoms with van der Waals surface area (Å²) in [4.78, 5) is 16.9. The van der Waals surface area contributed by atoms with Crippen molar-refractivity contribution in [2.75, 3.05) is 42.6 Å². The van der Waals surface area contributed by atoms with Crippen LogP contribution in [0, 0.1) is 13.8 Å². The zero-order valence-electron chi connectivity index (χ0n) is 18.3. The van der Waals surface area contributed by atoms with Gasteiger partial charge in [-0.05, 0) is 39.3 Å². The maximum absolute atomic E-state index is 12.8. The van der Waals surface area contributed by atoms with Crippen LogP contribution in [0.3, 0.4) is 0 Å². The van der Waals surface area contributed by atoms with E-state index in [1.54, 1.807) is 6.92 Å². The molecule has 0 bridgehead atoms. The Balaban J connectivity index is 1.39. The van der Waals surface area contributed by atoms with Crippen LogP contribution in [-0.4, -0.2) is 72.8 Å². The zero-order chi connectivity index (χ0) is 22.2. The number of hydrogen-bond donors (Lipinski definition) is 0. The Kier molecular flexibility index (Phi) is 5.96. The number of anilines is 1. The fourth-order valence-corrected chi connectivity index (χ4v) is 6.29. The summed E-state index contributed by atoms with van der Waals surface area (Å²) in [5.74, 6) is 1.07. The molecule has 2 saturated heterocycles. The van der Waals surface area contributed by atoms with Gasteiger partial charge < -0.3 is 14.5 Å². The summed E-state index contributed by atoms with van der Waals surface area (Å²) in [6.45, 7) is 8.41. The highest BCUT2D eigenvalue weighted by Gasteiger charge is 2.33. The normalized spacial score (nSPS) is 21.8. The number of nitrogens with zero attached hydrogens (tertiary/aromatic N) is 4. The molecular formula is C22H30N4O4S. The van der Waals surface area contributed by atoms with E-state index in [-0.39, 0.29) is 23.5 Å². The maximum atomic E-state index is 12.8. The molecule has 1 aromatic heterocycles. The van der Waals surface area contributed by atoms with Crippen LogP contribution in [-0.2, 0) is 14.6 Å². The fraction of sp³-hybridized carbons (Fsp3) is 0.545. The average Bonchev–Trinajstić information content (AvgIpc) is 3.26. The Morgan fingerprint density at radius 1 is 1.13 bits per heavy atom. The molecule has 0 N–H and O–H groups in total. The predicted octanol–water partition coefficient (Wildman–Crippen LogP) is 1.98. The molecule has 4 rings (SSSR count). The summed E-state index contributed by atoms with van der Waals surface area (Å²) in [5, 5.41) is 4.67. The molecule has 2 atom stereocenters. The van der Waals surface area contributed by atoms with Crippen molar-refractivity contribution in [2.24, 2.45) is 0 Å². The highest BCUT2D eigenvalue weighted by Crippen LogP contribution is 2.31. The quantitative estimate of drug-likeness (QED) is 0.698. The number of rotatable bonds is 5. The van der Waals surface area contributed by atoms with Gasteiger partial charge >= 0.3 is 0 Å². The molecule has 0 spiro atoms. The summed E-state index contributed by atoms with van der Waals surface area (Å²) < 4.78 is 31.5. The molecule has 2 aromatic rings. The Hall–Kier alpha value is -2.55. The van der Waals surface area contributed by atoms with Gasteiger partial charge in [-0.2, -0.15) is 5.10 Å². The second kappa shape index (κ2) is 8.53. The summed E-state index contributed by atoms with van der Waals surface area (Å²) in [6, 6.07) is 9.29. The zero-order valence-corrected chi connectivity index (χ0v) is 19.1. The van der Waals surface area contributed by atoms with E-state index in [2.05, 4.69) is 10.00 Å². The van der Waals surface area contributed by atoms with Crippen molar-refractivity contribution in [1.29, 1.82) is 0 Å². The molecule has 0 aliphatic carbocycles. The molecule has 8 nitrogen and oxygen atoms in total. The van der Waals surface area contributed by atoms with Crippen molar-refractivity contribution in [1.82, 2.24) is 14.7 Å². The van der Waals surface area contributed by atoms with Crippen molar-refractivity contribution in [3.05, 3.63) is 41.7 Å². The summed E-state index contributed by atoms with van der Waals surface area (Å²) >= 11 is 0. The Morgan fingerprint density at radius 2 is 1.81 bits per heavy atom. The van der Waals surface area contributed by atoms with E-state index in [4.69, 9.17) is 4.74 Å². The number of para-hydroxylation sites is 1. The van der Waals surface area contributed by atoms with Gasteiger partial charge in [-0.15, -0.1) is 0 Å². The van der Waals surface area contributed by atoms with E-state index in [9.17, 15) is 13.2 Å². The maximum Gasteiger partial charge on any atom is 0.263 e. The second-order valence-electron chi connectivity index (χ2n) is 8.41. The first-order valence-corrected chi connectivity index (χ1v) is 12.6. The van der Waals surface area contributed by atoms with Crippen LogP contribution in [0.25, 0.3) is 0 Å². The van der Waals surface area contributed by atoms with Crippen molar-refractivity contribution in [3.63, 3.8) is 0 Å². The molecule has 1 aromatic carbocycles. The lowest BCUT2D eigenvalue weighted by atomic mass is 10.2. The average molecular weight is 447 g/mol. The third-order valence-corrected chi connectivity index (χ3v) is 7.90. The minimum atomic E-state index is -2.97. The number of ether oxygens (including phenoxy) is 1. The van der Waals surface area contributed by atoms with Crippen molar-refractivity contribution >= 4 is 21.4 Å². The molecule has 1 amide bonds. The number of aryl methyl sites for hydroxylation is 1. The minimum absolute atomic E-state index is 0.0104. The Morgan fingerprint density at radius 3 is 2.42 bits per heavy atom. The van der Waals surface area contributed by atoms with Gasteiger partial charge in [0.05, 0.1) is 34.6 Å². The number of aromatic nitrogens is 2. The number of hydrogen-bond acceptors (Lipinski definition) is 6. The van der Waals surface area contributed by atoms with Crippen LogP contribution in [0.4, 0.5) is 5.69 Å². The van der Waals surface area contributed by atoms with E-state index in [1.165, 1.54) is 0 Å². The van der Waals surface area contributed by atoms with E-state index in [1.807, 2.05) is 53.8 Å². The molecule has 0 saturated carbocycles. The molecule has 2 aliphatic rings. The van der Waals surface area contributed by atoms with Crippen LogP contribution in [0.15, 0.2) is 30.3 Å². The molecule has 168 valence electrons. The van der Waals surface area contributed by atoms with Crippen LogP contribution < -0.4 is 9.64 Å². The molecule has 2 fully saturated rings. The van der Waals surface area contributed by atoms with Crippen molar-refractivity contribution < 1.29 is 17.9 Å². The lowest BCUT2D eigenvalue weighted by Crippen LogP contribution is -2.52. The Bertz CT molecular complexity index is 1040. The molecular weight excluding hydrogens is 416 g/mol. The van der Waals surface area contributed by atoms with E-state index >= 15 is 0 Å². The summed E-state index contributed by atoms with van der Waals surface area (Å²) in [7, 11) is -2.97. The Labute approximate surface area is 183 Å². The van der Waals surface area contributed by atoms with Crippen molar-refractivity contribution in [3.8, 4) is 5.75 Å². The standard InChI is InChI=1S/C22H30N4O4S/c1-16-21(17(2)26(23-16)19-9-14-31(28,29)15-19)24-10-12-25(13-11-24)22(27)18(3)30-20-7-5-4-6-8-20/h4-8,18-19H,9-15H2,1-3H3/t18-,19-/m0/s1. The molecule has 0 unspecified atom stereocenters. The number of amides is 1. The summed E-state index contributed by atoms with van der Waals surface area (Å²) in [6.07, 6.45) is 0.0789. The van der Waals surface area contributed by atoms with Crippen LogP contribution in [0.5, 0.6) is 5.75 Å². The first-order chi connectivity index (χ1) is 14.7. The van der Waals surface area contributed by atoms with Crippen molar-refractivity contribution in [2.45, 2.75) is 39.3 Å². The fourth-order valence-electron chi connectivity index (χ4n) is 4.60. The SMILES string of the molecule is Cc1nn([C@H]2CCS(=O)(=O)C2)c(C)c1N1CCN(C(=O)[C@H](C)Oc2ccccc2)CC1. The van der Waals surface area contributed by atoms with Gasteiger partial charge in [0.25, 0.3) is 5.91 Å². The first kappa shape index (κ1) is 21.7. The number of sulfone groups is 1. The highest BCUT2D eigenvalue weighted by atomic mass is 32.2. The van der Waals surface area contributed by atoms with Gasteiger partial charge in [-0.1, -0.05) is 18.2 Å². The minimum Gasteiger partial charge on any atom is -0.481 e. The molecule has 0 radical (unpaired) electrons. The number of carbonyl (C=O) groups is 1. The lowest BCUT2D eigenvalue weighted by molar-refractivity contribution is -0.138. The highest BCUT2D eigenvalue weighted by molar-refractivity contribution is 7.91. The third-order valence-electron chi connectivity index (χ3n) is 6.15. The van der Waals surface area contributed by atoms with Crippen LogP contribution >= 0.6 is 0 Å². The monoisotopic (exact) mass is 446 g/mol. The van der Waals surface area contributed by atoms with E-state index in [0.717, 1.165) is 17.1 Å². The van der Waals surface area contributed by atoms with Gasteiger partial charge in [0.15, 0.2) is 15.9 Å². The van der Waals surface area contributed by atoms with Gasteiger partial charge in [0.1, 0.15) is 5.75 Å². The lowest BCUT2D eigenvalue weighted by Gasteiger charge is -2.37. The smallest absolute Gasteiger partial charge is 0.263 e. The van der Waals surface area contributed by atoms with E-state index in [0.29, 0.717) is 38.3 Å².